The van der Waals surface area contributed by atoms with E-state index in [-0.39, 0.29) is 64.4 Å². The van der Waals surface area contributed by atoms with E-state index in [0.29, 0.717) is 41.4 Å². The smallest absolute Gasteiger partial charge is 0.365 e. The van der Waals surface area contributed by atoms with Gasteiger partial charge in [0.15, 0.2) is 17.2 Å². The number of allylic oxidation sites excluding steroid dienone is 3. The van der Waals surface area contributed by atoms with Crippen molar-refractivity contribution in [2.75, 3.05) is 0 Å². The number of ether oxygens (including phenoxy) is 3. The Balaban J connectivity index is 0.000000134. The van der Waals surface area contributed by atoms with Gasteiger partial charge in [0.25, 0.3) is 16.7 Å². The van der Waals surface area contributed by atoms with E-state index in [0.717, 1.165) is 135 Å². The van der Waals surface area contributed by atoms with Crippen LogP contribution in [0.25, 0.3) is 31.6 Å². The SMILES string of the molecule is [C-]#[N+]c1nn(-c2cc(Cl)c(OC3=NNC(=C)C4=C3C3CCC4C3)c(Cl)c2)c(=O)[nH]c1=O.[C-]#[N+]c1nn(-c2cc(Cl)c(OC3=NNC(=C)C4=C3C3CCC4CC3)c(Cl)c2)c(=O)[nH]c1=O.[C-]#[N+]c1nn(-c2cc(Cl)c(OC3=NNC(=C)C4=C3CCCC4)c(Cl)c2)c(=O)[nH]c1=O. The van der Waals surface area contributed by atoms with Crippen molar-refractivity contribution in [1.29, 1.82) is 0 Å². The molecule has 3 aromatic heterocycles. The summed E-state index contributed by atoms with van der Waals surface area (Å²) in [5.41, 5.74) is 12.9. The molecule has 470 valence electrons. The second-order valence-electron chi connectivity index (χ2n) is 21.9. The summed E-state index contributed by atoms with van der Waals surface area (Å²) in [6.07, 6.45) is 11.4. The third-order valence-electron chi connectivity index (χ3n) is 16.5. The highest BCUT2D eigenvalue weighted by atomic mass is 35.5. The van der Waals surface area contributed by atoms with Gasteiger partial charge in [0.05, 0.1) is 64.3 Å². The lowest BCUT2D eigenvalue weighted by molar-refractivity contribution is 0.296. The molecule has 9 aliphatic rings. The van der Waals surface area contributed by atoms with Gasteiger partial charge in [-0.25, -0.2) is 14.4 Å². The Labute approximate surface area is 553 Å². The van der Waals surface area contributed by atoms with Gasteiger partial charge in [-0.1, -0.05) is 109 Å². The molecule has 0 spiro atoms. The third kappa shape index (κ3) is 12.0. The highest BCUT2D eigenvalue weighted by Gasteiger charge is 2.45. The molecule has 2 atom stereocenters. The van der Waals surface area contributed by atoms with Gasteiger partial charge in [-0.15, -0.1) is 29.3 Å². The van der Waals surface area contributed by atoms with Crippen molar-refractivity contribution in [2.45, 2.75) is 70.6 Å². The number of H-pyrrole nitrogens is 3. The highest BCUT2D eigenvalue weighted by Crippen LogP contribution is 2.53. The molecule has 2 unspecified atom stereocenters. The van der Waals surface area contributed by atoms with Crippen LogP contribution in [-0.2, 0) is 0 Å². The maximum absolute atomic E-state index is 12.2. The van der Waals surface area contributed by atoms with Crippen molar-refractivity contribution in [2.24, 2.45) is 39.0 Å². The van der Waals surface area contributed by atoms with Crippen LogP contribution in [0.4, 0.5) is 17.5 Å². The number of nitrogens with zero attached hydrogens (tertiary/aromatic N) is 12. The van der Waals surface area contributed by atoms with Crippen molar-refractivity contribution in [3.05, 3.63) is 234 Å². The highest BCUT2D eigenvalue weighted by molar-refractivity contribution is 6.39. The van der Waals surface area contributed by atoms with E-state index in [9.17, 15) is 28.8 Å². The van der Waals surface area contributed by atoms with Crippen LogP contribution in [0.2, 0.25) is 30.1 Å². The molecular weight excluding hydrogens is 1330 g/mol. The molecule has 0 saturated heterocycles. The average molecular weight is 1370 g/mol. The largest absolute Gasteiger partial charge is 0.434 e. The maximum atomic E-state index is 12.2. The summed E-state index contributed by atoms with van der Waals surface area (Å²) in [7, 11) is 0. The van der Waals surface area contributed by atoms with Crippen molar-refractivity contribution >= 4 is 105 Å². The average Bonchev–Trinajstić information content (AvgIpc) is 1.75. The minimum absolute atomic E-state index is 0.104. The number of benzene rings is 3. The fourth-order valence-corrected chi connectivity index (χ4v) is 14.1. The van der Waals surface area contributed by atoms with Crippen molar-refractivity contribution in [1.82, 2.24) is 60.6 Å². The molecule has 15 rings (SSSR count). The molecule has 3 aromatic carbocycles. The fourth-order valence-electron chi connectivity index (χ4n) is 12.4. The Kier molecular flexibility index (Phi) is 17.3. The molecule has 3 aliphatic heterocycles. The fraction of sp³-hybridized carbons (Fsp3) is 0.250. The van der Waals surface area contributed by atoms with E-state index < -0.39 is 51.2 Å². The number of hydrogen-bond acceptors (Lipinski definition) is 18. The van der Waals surface area contributed by atoms with Gasteiger partial charge in [0.2, 0.25) is 17.7 Å². The zero-order chi connectivity index (χ0) is 65.8. The first kappa shape index (κ1) is 63.1. The molecule has 2 saturated carbocycles. The molecule has 0 radical (unpaired) electrons. The van der Waals surface area contributed by atoms with Gasteiger partial charge in [-0.05, 0) is 163 Å². The second-order valence-corrected chi connectivity index (χ2v) is 24.4. The number of nitrogens with one attached hydrogen (secondary N) is 6. The first-order valence-electron chi connectivity index (χ1n) is 28.3. The monoisotopic (exact) mass is 1370 g/mol. The van der Waals surface area contributed by atoms with E-state index in [1.807, 2.05) is 15.0 Å². The third-order valence-corrected chi connectivity index (χ3v) is 18.2. The van der Waals surface area contributed by atoms with Crippen LogP contribution in [0, 0.1) is 43.4 Å². The molecule has 93 heavy (non-hydrogen) atoms. The number of rotatable bonds is 6. The number of aromatic amines is 3. The van der Waals surface area contributed by atoms with Gasteiger partial charge in [-0.2, -0.15) is 0 Å². The molecule has 6 heterocycles. The number of halogens is 6. The van der Waals surface area contributed by atoms with Crippen LogP contribution in [0.3, 0.4) is 0 Å². The molecular formula is C60H44Cl6N18O9. The molecule has 27 nitrogen and oxygen atoms in total. The van der Waals surface area contributed by atoms with Gasteiger partial charge in [0.1, 0.15) is 0 Å². The van der Waals surface area contributed by atoms with E-state index in [4.69, 9.17) is 104 Å². The lowest BCUT2D eigenvalue weighted by Crippen LogP contribution is -2.38. The molecule has 6 aliphatic carbocycles. The van der Waals surface area contributed by atoms with Crippen molar-refractivity contribution < 1.29 is 14.2 Å². The van der Waals surface area contributed by atoms with Gasteiger partial charge >= 0.3 is 34.5 Å². The van der Waals surface area contributed by atoms with E-state index >= 15 is 0 Å². The van der Waals surface area contributed by atoms with Crippen LogP contribution in [0.15, 0.2) is 151 Å². The van der Waals surface area contributed by atoms with Gasteiger partial charge < -0.3 is 28.7 Å². The van der Waals surface area contributed by atoms with Crippen molar-refractivity contribution in [3.8, 4) is 34.3 Å². The quantitative estimate of drug-likeness (QED) is 0.0845. The molecule has 6 aromatic rings. The molecule has 4 bridgehead atoms. The summed E-state index contributed by atoms with van der Waals surface area (Å²) in [4.78, 5) is 86.3. The van der Waals surface area contributed by atoms with Crippen LogP contribution < -0.4 is 64.2 Å². The molecule has 2 fully saturated rings. The van der Waals surface area contributed by atoms with Crippen LogP contribution in [0.5, 0.6) is 17.2 Å². The lowest BCUT2D eigenvalue weighted by atomic mass is 9.66. The standard InChI is InChI=1S/C21H16Cl2N6O3.C20H14Cl2N6O3.C19H14Cl2N6O3/c1-9-15-10-3-5-11(6-4-10)16(15)20(27-26-9)32-17-13(22)7-12(8-14(17)23)29-21(31)25-19(30)18(24-2)28-29;1-8-14-9-3-4-10(5-9)15(14)19(26-25-8)31-16-12(21)6-11(7-13(16)22)28-20(30)24-18(29)17(23-2)27-28;1-9-11-5-3-4-6-12(11)18(25-24-9)30-15-13(20)7-10(8-14(15)21)27-19(29)23-17(28)16(22-2)26-27/h7-8,10-11,26H,1,3-6H2,(H,25,30,31);6-7,9-10,25H,1,3-5H2,(H,24,29,30);7-8,24H,1,3-6H2,(H,23,28,29). The Bertz CT molecular complexity index is 4990. The van der Waals surface area contributed by atoms with Crippen molar-refractivity contribution in [3.63, 3.8) is 0 Å². The Morgan fingerprint density at radius 3 is 1.12 bits per heavy atom. The number of hydrogen-bond donors (Lipinski definition) is 6. The number of aromatic nitrogens is 9. The summed E-state index contributed by atoms with van der Waals surface area (Å²) in [5, 5.41) is 24.8. The minimum Gasteiger partial charge on any atom is -0.434 e. The second kappa shape index (κ2) is 25.6. The first-order valence-corrected chi connectivity index (χ1v) is 30.5. The lowest BCUT2D eigenvalue weighted by Gasteiger charge is -2.42. The predicted molar refractivity (Wildman–Crippen MR) is 347 cm³/mol. The minimum atomic E-state index is -0.871. The molecule has 33 heteroatoms. The topological polar surface area (TPSA) is 317 Å². The zero-order valence-electron chi connectivity index (χ0n) is 48.0. The summed E-state index contributed by atoms with van der Waals surface area (Å²) in [5.74, 6) is 1.86. The maximum Gasteiger partial charge on any atom is 0.365 e. The molecule has 6 N–H and O–H groups in total. The van der Waals surface area contributed by atoms with Crippen LogP contribution >= 0.6 is 69.6 Å². The summed E-state index contributed by atoms with van der Waals surface area (Å²) in [6.45, 7) is 33.2. The summed E-state index contributed by atoms with van der Waals surface area (Å²) < 4.78 is 20.6. The summed E-state index contributed by atoms with van der Waals surface area (Å²) >= 11 is 38.5. The van der Waals surface area contributed by atoms with E-state index in [1.165, 1.54) is 36.4 Å². The molecule has 0 amide bonds. The zero-order valence-corrected chi connectivity index (χ0v) is 52.5. The Morgan fingerprint density at radius 1 is 0.430 bits per heavy atom. The number of fused-ring (bicyclic) bond motifs is 6. The normalized spacial score (nSPS) is 19.6. The Morgan fingerprint density at radius 2 is 0.731 bits per heavy atom. The van der Waals surface area contributed by atoms with E-state index in [2.05, 4.69) is 81.1 Å². The van der Waals surface area contributed by atoms with E-state index in [1.54, 1.807) is 0 Å². The predicted octanol–water partition coefficient (Wildman–Crippen LogP) is 10.5. The van der Waals surface area contributed by atoms with Gasteiger partial charge in [0, 0.05) is 16.7 Å². The van der Waals surface area contributed by atoms with Crippen LogP contribution in [-0.4, -0.2) is 62.0 Å². The summed E-state index contributed by atoms with van der Waals surface area (Å²) in [6, 6.07) is 8.46. The first-order chi connectivity index (χ1) is 44.6. The number of hydrazone groups is 3. The van der Waals surface area contributed by atoms with Crippen LogP contribution in [0.1, 0.15) is 70.6 Å². The Hall–Kier alpha value is -10.1. The van der Waals surface area contributed by atoms with Gasteiger partial charge in [-0.3, -0.25) is 45.6 Å².